The number of carbonyl (C=O) groups excluding carboxylic acids is 1. The molecule has 1 aliphatic heterocycles. The molecule has 0 spiro atoms. The van der Waals surface area contributed by atoms with Crippen molar-refractivity contribution in [3.63, 3.8) is 0 Å². The number of rotatable bonds is 4. The molecule has 0 aliphatic carbocycles. The molecule has 1 N–H and O–H groups in total. The molecule has 7 nitrogen and oxygen atoms in total. The van der Waals surface area contributed by atoms with Crippen molar-refractivity contribution in [2.45, 2.75) is 51.7 Å². The second-order valence-electron chi connectivity index (χ2n) is 6.34. The molecule has 0 saturated carbocycles. The van der Waals surface area contributed by atoms with Gasteiger partial charge in [-0.05, 0) is 37.5 Å². The molecule has 3 rings (SSSR count). The summed E-state index contributed by atoms with van der Waals surface area (Å²) >= 11 is 0. The maximum absolute atomic E-state index is 12.4. The summed E-state index contributed by atoms with van der Waals surface area (Å²) in [6, 6.07) is 8.92. The van der Waals surface area contributed by atoms with Crippen molar-refractivity contribution in [1.82, 2.24) is 19.7 Å². The minimum Gasteiger partial charge on any atom is -0.348 e. The highest BCUT2D eigenvalue weighted by Crippen LogP contribution is 2.13. The number of fused-ring (bicyclic) bond motifs is 1. The lowest BCUT2D eigenvalue weighted by atomic mass is 10.1. The molecule has 1 aromatic heterocycles. The highest BCUT2D eigenvalue weighted by molar-refractivity contribution is 5.76. The Kier molecular flexibility index (Phi) is 4.98. The molecule has 130 valence electrons. The van der Waals surface area contributed by atoms with E-state index in [1.165, 1.54) is 4.68 Å². The second kappa shape index (κ2) is 7.34. The Morgan fingerprint density at radius 3 is 2.80 bits per heavy atom. The summed E-state index contributed by atoms with van der Waals surface area (Å²) in [4.78, 5) is 24.7. The minimum atomic E-state index is -0.257. The largest absolute Gasteiger partial charge is 0.348 e. The molecule has 25 heavy (non-hydrogen) atoms. The Morgan fingerprint density at radius 1 is 1.32 bits per heavy atom. The highest BCUT2D eigenvalue weighted by Gasteiger charge is 2.18. The van der Waals surface area contributed by atoms with Crippen LogP contribution < -0.4 is 11.0 Å². The second-order valence-corrected chi connectivity index (χ2v) is 6.34. The standard InChI is InChI=1S/C18H21N5O2/c1-13(15-8-6-14(11-19)7-9-15)20-17(24)12-23-18(25)22-10-4-2-3-5-16(22)21-23/h6-9,13H,2-5,10,12H2,1H3,(H,20,24). The van der Waals surface area contributed by atoms with Crippen LogP contribution in [-0.2, 0) is 24.3 Å². The quantitative estimate of drug-likeness (QED) is 0.914. The first-order valence-electron chi connectivity index (χ1n) is 8.54. The van der Waals surface area contributed by atoms with Crippen molar-refractivity contribution in [2.75, 3.05) is 0 Å². The third-order valence-corrected chi connectivity index (χ3v) is 4.49. The number of amides is 1. The number of nitriles is 1. The van der Waals surface area contributed by atoms with E-state index in [4.69, 9.17) is 5.26 Å². The predicted molar refractivity (Wildman–Crippen MR) is 91.8 cm³/mol. The Bertz CT molecular complexity index is 857. The molecule has 0 bridgehead atoms. The van der Waals surface area contributed by atoms with Gasteiger partial charge in [-0.25, -0.2) is 9.48 Å². The smallest absolute Gasteiger partial charge is 0.346 e. The van der Waals surface area contributed by atoms with Crippen molar-refractivity contribution < 1.29 is 4.79 Å². The van der Waals surface area contributed by atoms with Gasteiger partial charge in [0.1, 0.15) is 12.4 Å². The molecular weight excluding hydrogens is 318 g/mol. The number of benzene rings is 1. The van der Waals surface area contributed by atoms with Gasteiger partial charge in [-0.1, -0.05) is 18.6 Å². The van der Waals surface area contributed by atoms with Crippen molar-refractivity contribution >= 4 is 5.91 Å². The average Bonchev–Trinajstić information content (AvgIpc) is 2.78. The number of carbonyl (C=O) groups is 1. The van der Waals surface area contributed by atoms with Gasteiger partial charge in [0.2, 0.25) is 5.91 Å². The number of aryl methyl sites for hydroxylation is 1. The van der Waals surface area contributed by atoms with E-state index in [0.29, 0.717) is 12.1 Å². The SMILES string of the molecule is CC(NC(=O)Cn1nc2n(c1=O)CCCCC2)c1ccc(C#N)cc1. The van der Waals surface area contributed by atoms with E-state index in [2.05, 4.69) is 16.5 Å². The zero-order valence-corrected chi connectivity index (χ0v) is 14.2. The van der Waals surface area contributed by atoms with Gasteiger partial charge in [0.15, 0.2) is 0 Å². The first kappa shape index (κ1) is 17.0. The summed E-state index contributed by atoms with van der Waals surface area (Å²) < 4.78 is 2.94. The average molecular weight is 339 g/mol. The van der Waals surface area contributed by atoms with Crippen LogP contribution in [0.2, 0.25) is 0 Å². The van der Waals surface area contributed by atoms with Crippen LogP contribution in [0.25, 0.3) is 0 Å². The molecule has 2 heterocycles. The van der Waals surface area contributed by atoms with Gasteiger partial charge in [0.25, 0.3) is 0 Å². The van der Waals surface area contributed by atoms with Crippen LogP contribution in [0.4, 0.5) is 0 Å². The zero-order valence-electron chi connectivity index (χ0n) is 14.2. The maximum atomic E-state index is 12.4. The van der Waals surface area contributed by atoms with Crippen molar-refractivity contribution in [3.05, 3.63) is 51.7 Å². The normalized spacial score (nSPS) is 14.9. The van der Waals surface area contributed by atoms with E-state index in [1.807, 2.05) is 19.1 Å². The van der Waals surface area contributed by atoms with Gasteiger partial charge < -0.3 is 5.32 Å². The summed E-state index contributed by atoms with van der Waals surface area (Å²) in [5.74, 6) is 0.516. The molecule has 7 heteroatoms. The van der Waals surface area contributed by atoms with E-state index in [-0.39, 0.29) is 24.2 Å². The monoisotopic (exact) mass is 339 g/mol. The third-order valence-electron chi connectivity index (χ3n) is 4.49. The van der Waals surface area contributed by atoms with Crippen molar-refractivity contribution in [1.29, 1.82) is 5.26 Å². The van der Waals surface area contributed by atoms with Gasteiger partial charge in [0, 0.05) is 13.0 Å². The summed E-state index contributed by atoms with van der Waals surface area (Å²) in [5, 5.41) is 16.0. The number of hydrogen-bond donors (Lipinski definition) is 1. The van der Waals surface area contributed by atoms with E-state index in [0.717, 1.165) is 37.1 Å². The lowest BCUT2D eigenvalue weighted by Gasteiger charge is -2.14. The molecule has 0 saturated heterocycles. The molecule has 1 aromatic carbocycles. The predicted octanol–water partition coefficient (Wildman–Crippen LogP) is 1.52. The van der Waals surface area contributed by atoms with E-state index in [9.17, 15) is 9.59 Å². The Balaban J connectivity index is 1.66. The number of nitrogens with one attached hydrogen (secondary N) is 1. The summed E-state index contributed by atoms with van der Waals surface area (Å²) in [6.07, 6.45) is 3.88. The lowest BCUT2D eigenvalue weighted by molar-refractivity contribution is -0.122. The van der Waals surface area contributed by atoms with Crippen LogP contribution in [0.1, 0.15) is 49.2 Å². The van der Waals surface area contributed by atoms with Gasteiger partial charge in [-0.3, -0.25) is 9.36 Å². The van der Waals surface area contributed by atoms with Crippen molar-refractivity contribution in [2.24, 2.45) is 0 Å². The first-order chi connectivity index (χ1) is 12.1. The van der Waals surface area contributed by atoms with Crippen LogP contribution in [0.5, 0.6) is 0 Å². The van der Waals surface area contributed by atoms with E-state index >= 15 is 0 Å². The van der Waals surface area contributed by atoms with Gasteiger partial charge >= 0.3 is 5.69 Å². The third kappa shape index (κ3) is 3.79. The summed E-state index contributed by atoms with van der Waals surface area (Å²) in [5.41, 5.74) is 1.27. The molecule has 0 fully saturated rings. The fourth-order valence-electron chi connectivity index (χ4n) is 3.08. The van der Waals surface area contributed by atoms with Gasteiger partial charge in [-0.2, -0.15) is 10.4 Å². The number of hydrogen-bond acceptors (Lipinski definition) is 4. The Labute approximate surface area is 145 Å². The van der Waals surface area contributed by atoms with E-state index < -0.39 is 0 Å². The molecule has 1 unspecified atom stereocenters. The minimum absolute atomic E-state index is 0.0839. The molecule has 1 atom stereocenters. The van der Waals surface area contributed by atoms with E-state index in [1.54, 1.807) is 16.7 Å². The first-order valence-corrected chi connectivity index (χ1v) is 8.54. The highest BCUT2D eigenvalue weighted by atomic mass is 16.2. The van der Waals surface area contributed by atoms with Crippen molar-refractivity contribution in [3.8, 4) is 6.07 Å². The summed E-state index contributed by atoms with van der Waals surface area (Å²) in [7, 11) is 0. The molecule has 1 amide bonds. The zero-order chi connectivity index (χ0) is 17.8. The lowest BCUT2D eigenvalue weighted by Crippen LogP contribution is -2.35. The van der Waals surface area contributed by atoms with Crippen LogP contribution in [0.3, 0.4) is 0 Å². The molecular formula is C18H21N5O2. The topological polar surface area (TPSA) is 92.7 Å². The summed E-state index contributed by atoms with van der Waals surface area (Å²) in [6.45, 7) is 2.46. The fraction of sp³-hybridized carbons (Fsp3) is 0.444. The molecule has 0 radical (unpaired) electrons. The Hall–Kier alpha value is -2.88. The van der Waals surface area contributed by atoms with Gasteiger partial charge in [0.05, 0.1) is 17.7 Å². The van der Waals surface area contributed by atoms with Crippen LogP contribution in [0.15, 0.2) is 29.1 Å². The van der Waals surface area contributed by atoms with Gasteiger partial charge in [-0.15, -0.1) is 0 Å². The molecule has 2 aromatic rings. The molecule has 1 aliphatic rings. The maximum Gasteiger partial charge on any atom is 0.346 e. The number of aromatic nitrogens is 3. The van der Waals surface area contributed by atoms with Crippen LogP contribution in [-0.4, -0.2) is 20.3 Å². The number of nitrogens with zero attached hydrogens (tertiary/aromatic N) is 4. The van der Waals surface area contributed by atoms with Crippen LogP contribution >= 0.6 is 0 Å². The fourth-order valence-corrected chi connectivity index (χ4v) is 3.08. The van der Waals surface area contributed by atoms with Crippen LogP contribution in [0, 0.1) is 11.3 Å². The Morgan fingerprint density at radius 2 is 2.08 bits per heavy atom.